The Bertz CT molecular complexity index is 743. The van der Waals surface area contributed by atoms with E-state index < -0.39 is 0 Å². The van der Waals surface area contributed by atoms with Crippen LogP contribution >= 0.6 is 11.3 Å². The van der Waals surface area contributed by atoms with Crippen LogP contribution in [0, 0.1) is 0 Å². The molecule has 0 radical (unpaired) electrons. The molecule has 2 rings (SSSR count). The number of nitrogen functional groups attached to an aromatic ring is 1. The van der Waals surface area contributed by atoms with Crippen molar-refractivity contribution >= 4 is 34.5 Å². The number of aromatic nitrogens is 1. The fourth-order valence-electron chi connectivity index (χ4n) is 2.35. The molecule has 7 heteroatoms. The van der Waals surface area contributed by atoms with Crippen molar-refractivity contribution in [1.82, 2.24) is 10.3 Å². The smallest absolute Gasteiger partial charge is 0.280 e. The summed E-state index contributed by atoms with van der Waals surface area (Å²) in [6.07, 6.45) is 4.67. The number of nitrogens with one attached hydrogen (secondary N) is 2. The van der Waals surface area contributed by atoms with E-state index in [0.717, 1.165) is 24.1 Å². The molecule has 140 valence electrons. The first-order valence-corrected chi connectivity index (χ1v) is 9.67. The standard InChI is InChI=1S/C19H26N4O2S/c1-13(2)16-12-22-19(26-16)18(25)21-11-7-3-4-10-17(24)23-15-9-6-5-8-14(15)20/h5-6,8-9,12-13H,3-4,7,10-11,20H2,1-2H3,(H,21,25)(H,23,24). The number of carbonyl (C=O) groups is 2. The molecular formula is C19H26N4O2S. The molecule has 1 heterocycles. The number of para-hydroxylation sites is 2. The van der Waals surface area contributed by atoms with Gasteiger partial charge in [0, 0.05) is 24.0 Å². The minimum Gasteiger partial charge on any atom is -0.397 e. The minimum atomic E-state index is -0.126. The Kier molecular flexibility index (Phi) is 7.59. The zero-order chi connectivity index (χ0) is 18.9. The van der Waals surface area contributed by atoms with Crippen molar-refractivity contribution in [1.29, 1.82) is 0 Å². The van der Waals surface area contributed by atoms with Gasteiger partial charge in [-0.3, -0.25) is 9.59 Å². The largest absolute Gasteiger partial charge is 0.397 e. The molecule has 0 spiro atoms. The van der Waals surface area contributed by atoms with E-state index in [1.165, 1.54) is 11.3 Å². The third-order valence-electron chi connectivity index (χ3n) is 3.89. The van der Waals surface area contributed by atoms with Gasteiger partial charge in [0.1, 0.15) is 0 Å². The van der Waals surface area contributed by atoms with Gasteiger partial charge < -0.3 is 16.4 Å². The van der Waals surface area contributed by atoms with Gasteiger partial charge in [0.15, 0.2) is 5.01 Å². The van der Waals surface area contributed by atoms with E-state index in [1.54, 1.807) is 18.3 Å². The lowest BCUT2D eigenvalue weighted by Gasteiger charge is -2.07. The summed E-state index contributed by atoms with van der Waals surface area (Å²) in [5, 5.41) is 6.20. The first-order chi connectivity index (χ1) is 12.5. The number of thiazole rings is 1. The van der Waals surface area contributed by atoms with Crippen LogP contribution in [0.4, 0.5) is 11.4 Å². The van der Waals surface area contributed by atoms with Crippen molar-refractivity contribution in [2.45, 2.75) is 45.4 Å². The molecule has 0 aliphatic rings. The Hall–Kier alpha value is -2.41. The van der Waals surface area contributed by atoms with Gasteiger partial charge in [0.25, 0.3) is 5.91 Å². The zero-order valence-electron chi connectivity index (χ0n) is 15.2. The molecule has 2 amide bonds. The molecule has 6 nitrogen and oxygen atoms in total. The van der Waals surface area contributed by atoms with E-state index in [4.69, 9.17) is 5.73 Å². The molecule has 0 aliphatic heterocycles. The van der Waals surface area contributed by atoms with Gasteiger partial charge in [-0.2, -0.15) is 0 Å². The number of hydrogen-bond acceptors (Lipinski definition) is 5. The van der Waals surface area contributed by atoms with Crippen molar-refractivity contribution in [2.75, 3.05) is 17.6 Å². The van der Waals surface area contributed by atoms with Gasteiger partial charge in [-0.25, -0.2) is 4.98 Å². The summed E-state index contributed by atoms with van der Waals surface area (Å²) >= 11 is 1.44. The van der Waals surface area contributed by atoms with E-state index in [9.17, 15) is 9.59 Å². The molecule has 0 fully saturated rings. The number of rotatable bonds is 9. The second-order valence-corrected chi connectivity index (χ2v) is 7.49. The number of carbonyl (C=O) groups excluding carboxylic acids is 2. The summed E-state index contributed by atoms with van der Waals surface area (Å²) in [6.45, 7) is 4.75. The van der Waals surface area contributed by atoms with Crippen molar-refractivity contribution in [3.63, 3.8) is 0 Å². The zero-order valence-corrected chi connectivity index (χ0v) is 16.1. The van der Waals surface area contributed by atoms with Gasteiger partial charge in [-0.15, -0.1) is 11.3 Å². The maximum Gasteiger partial charge on any atom is 0.280 e. The van der Waals surface area contributed by atoms with E-state index in [-0.39, 0.29) is 11.8 Å². The van der Waals surface area contributed by atoms with Crippen LogP contribution in [-0.2, 0) is 4.79 Å². The summed E-state index contributed by atoms with van der Waals surface area (Å²) in [5.41, 5.74) is 7.01. The number of hydrogen-bond donors (Lipinski definition) is 3. The highest BCUT2D eigenvalue weighted by Gasteiger charge is 2.12. The van der Waals surface area contributed by atoms with Crippen LogP contribution < -0.4 is 16.4 Å². The van der Waals surface area contributed by atoms with E-state index in [1.807, 2.05) is 12.1 Å². The molecular weight excluding hydrogens is 348 g/mol. The number of amides is 2. The lowest BCUT2D eigenvalue weighted by molar-refractivity contribution is -0.116. The third-order valence-corrected chi connectivity index (χ3v) is 5.18. The first kappa shape index (κ1) is 19.9. The Labute approximate surface area is 158 Å². The van der Waals surface area contributed by atoms with Crippen LogP contribution in [0.1, 0.15) is 60.1 Å². The molecule has 0 saturated heterocycles. The van der Waals surface area contributed by atoms with Gasteiger partial charge in [0.2, 0.25) is 5.91 Å². The minimum absolute atomic E-state index is 0.0454. The highest BCUT2D eigenvalue weighted by molar-refractivity contribution is 7.13. The summed E-state index contributed by atoms with van der Waals surface area (Å²) in [4.78, 5) is 29.2. The van der Waals surface area contributed by atoms with Crippen LogP contribution in [0.3, 0.4) is 0 Å². The van der Waals surface area contributed by atoms with Gasteiger partial charge >= 0.3 is 0 Å². The molecule has 1 aromatic carbocycles. The fourth-order valence-corrected chi connectivity index (χ4v) is 3.18. The van der Waals surface area contributed by atoms with E-state index in [0.29, 0.717) is 35.3 Å². The van der Waals surface area contributed by atoms with E-state index >= 15 is 0 Å². The Morgan fingerprint density at radius 3 is 2.65 bits per heavy atom. The first-order valence-electron chi connectivity index (χ1n) is 8.85. The highest BCUT2D eigenvalue weighted by Crippen LogP contribution is 2.21. The molecule has 4 N–H and O–H groups in total. The van der Waals surface area contributed by atoms with Crippen LogP contribution in [-0.4, -0.2) is 23.3 Å². The SMILES string of the molecule is CC(C)c1cnc(C(=O)NCCCCCC(=O)Nc2ccccc2N)s1. The van der Waals surface area contributed by atoms with E-state index in [2.05, 4.69) is 29.5 Å². The average Bonchev–Trinajstić information content (AvgIpc) is 3.10. The van der Waals surface area contributed by atoms with Gasteiger partial charge in [0.05, 0.1) is 11.4 Å². The van der Waals surface area contributed by atoms with Gasteiger partial charge in [-0.1, -0.05) is 32.4 Å². The lowest BCUT2D eigenvalue weighted by Crippen LogP contribution is -2.24. The summed E-state index contributed by atoms with van der Waals surface area (Å²) < 4.78 is 0. The average molecular weight is 375 g/mol. The maximum absolute atomic E-state index is 12.0. The number of nitrogens with two attached hydrogens (primary N) is 1. The van der Waals surface area contributed by atoms with Crippen molar-refractivity contribution in [3.05, 3.63) is 40.3 Å². The predicted octanol–water partition coefficient (Wildman–Crippen LogP) is 3.78. The lowest BCUT2D eigenvalue weighted by atomic mass is 10.2. The summed E-state index contributed by atoms with van der Waals surface area (Å²) in [5.74, 6) is 0.210. The number of benzene rings is 1. The quantitative estimate of drug-likeness (QED) is 0.460. The molecule has 1 aromatic heterocycles. The van der Waals surface area contributed by atoms with Crippen LogP contribution in [0.15, 0.2) is 30.5 Å². The Morgan fingerprint density at radius 2 is 1.96 bits per heavy atom. The second-order valence-electron chi connectivity index (χ2n) is 6.42. The molecule has 0 aliphatic carbocycles. The monoisotopic (exact) mass is 374 g/mol. The number of anilines is 2. The number of nitrogens with zero attached hydrogens (tertiary/aromatic N) is 1. The predicted molar refractivity (Wildman–Crippen MR) is 106 cm³/mol. The summed E-state index contributed by atoms with van der Waals surface area (Å²) in [6, 6.07) is 7.20. The normalized spacial score (nSPS) is 10.7. The highest BCUT2D eigenvalue weighted by atomic mass is 32.1. The maximum atomic E-state index is 12.0. The number of unbranched alkanes of at least 4 members (excludes halogenated alkanes) is 2. The van der Waals surface area contributed by atoms with Crippen molar-refractivity contribution in [2.24, 2.45) is 0 Å². The van der Waals surface area contributed by atoms with Crippen molar-refractivity contribution < 1.29 is 9.59 Å². The third kappa shape index (κ3) is 6.15. The molecule has 0 unspecified atom stereocenters. The van der Waals surface area contributed by atoms with Crippen molar-refractivity contribution in [3.8, 4) is 0 Å². The molecule has 2 aromatic rings. The Balaban J connectivity index is 1.59. The van der Waals surface area contributed by atoms with Gasteiger partial charge in [-0.05, 0) is 30.9 Å². The van der Waals surface area contributed by atoms with Crippen LogP contribution in [0.5, 0.6) is 0 Å². The molecule has 26 heavy (non-hydrogen) atoms. The molecule has 0 atom stereocenters. The fraction of sp³-hybridized carbons (Fsp3) is 0.421. The Morgan fingerprint density at radius 1 is 1.19 bits per heavy atom. The summed E-state index contributed by atoms with van der Waals surface area (Å²) in [7, 11) is 0. The molecule has 0 saturated carbocycles. The van der Waals surface area contributed by atoms with Crippen LogP contribution in [0.2, 0.25) is 0 Å². The van der Waals surface area contributed by atoms with Crippen LogP contribution in [0.25, 0.3) is 0 Å². The second kappa shape index (κ2) is 9.91. The topological polar surface area (TPSA) is 97.1 Å². The molecule has 0 bridgehead atoms.